The number of amides is 1. The first kappa shape index (κ1) is 17.7. The molecule has 0 radical (unpaired) electrons. The molecule has 2 aliphatic rings. The molecule has 2 rings (SSSR count). The van der Waals surface area contributed by atoms with Crippen molar-refractivity contribution >= 4 is 5.91 Å². The Morgan fingerprint density at radius 3 is 2.45 bits per heavy atom. The molecule has 1 saturated carbocycles. The van der Waals surface area contributed by atoms with Crippen molar-refractivity contribution in [2.24, 2.45) is 11.8 Å². The summed E-state index contributed by atoms with van der Waals surface area (Å²) in [4.78, 5) is 14.5. The molecule has 128 valence electrons. The SMILES string of the molecule is CCC(C)CCC(O)CC(=O)N1CCC12CCC(CO)CC2. The predicted octanol–water partition coefficient (Wildman–Crippen LogP) is 2.72. The summed E-state index contributed by atoms with van der Waals surface area (Å²) in [7, 11) is 0. The van der Waals surface area contributed by atoms with Crippen molar-refractivity contribution in [2.75, 3.05) is 13.2 Å². The van der Waals surface area contributed by atoms with Crippen LogP contribution < -0.4 is 0 Å². The number of nitrogens with zero attached hydrogens (tertiary/aromatic N) is 1. The van der Waals surface area contributed by atoms with Gasteiger partial charge in [-0.25, -0.2) is 0 Å². The Hall–Kier alpha value is -0.610. The molecule has 4 heteroatoms. The van der Waals surface area contributed by atoms with Crippen molar-refractivity contribution < 1.29 is 15.0 Å². The second kappa shape index (κ2) is 7.78. The van der Waals surface area contributed by atoms with E-state index in [4.69, 9.17) is 0 Å². The molecule has 0 aromatic heterocycles. The number of aliphatic hydroxyl groups is 2. The molecule has 0 bridgehead atoms. The van der Waals surface area contributed by atoms with Crippen molar-refractivity contribution in [3.05, 3.63) is 0 Å². The minimum atomic E-state index is -0.493. The molecule has 2 unspecified atom stereocenters. The van der Waals surface area contributed by atoms with Crippen LogP contribution in [0.3, 0.4) is 0 Å². The largest absolute Gasteiger partial charge is 0.396 e. The van der Waals surface area contributed by atoms with Crippen LogP contribution in [-0.2, 0) is 4.79 Å². The molecule has 0 aromatic carbocycles. The lowest BCUT2D eigenvalue weighted by Crippen LogP contribution is -2.63. The van der Waals surface area contributed by atoms with Crippen LogP contribution >= 0.6 is 0 Å². The lowest BCUT2D eigenvalue weighted by Gasteiger charge is -2.56. The van der Waals surface area contributed by atoms with Crippen LogP contribution in [0.2, 0.25) is 0 Å². The van der Waals surface area contributed by atoms with Gasteiger partial charge in [0.1, 0.15) is 0 Å². The number of hydrogen-bond acceptors (Lipinski definition) is 3. The van der Waals surface area contributed by atoms with Gasteiger partial charge in [0.25, 0.3) is 0 Å². The highest BCUT2D eigenvalue weighted by Crippen LogP contribution is 2.45. The zero-order valence-corrected chi connectivity index (χ0v) is 14.3. The van der Waals surface area contributed by atoms with Crippen molar-refractivity contribution in [2.45, 2.75) is 83.3 Å². The molecular formula is C18H33NO3. The van der Waals surface area contributed by atoms with Gasteiger partial charge in [-0.05, 0) is 56.8 Å². The zero-order valence-electron chi connectivity index (χ0n) is 14.3. The van der Waals surface area contributed by atoms with Gasteiger partial charge in [-0.2, -0.15) is 0 Å². The number of rotatable bonds is 7. The fraction of sp³-hybridized carbons (Fsp3) is 0.944. The minimum absolute atomic E-state index is 0.0547. The second-order valence-corrected chi connectivity index (χ2v) is 7.59. The van der Waals surface area contributed by atoms with Gasteiger partial charge in [0, 0.05) is 18.7 Å². The van der Waals surface area contributed by atoms with Crippen LogP contribution in [0, 0.1) is 11.8 Å². The molecule has 1 spiro atoms. The summed E-state index contributed by atoms with van der Waals surface area (Å²) in [6.45, 7) is 5.48. The van der Waals surface area contributed by atoms with Crippen LogP contribution in [0.5, 0.6) is 0 Å². The highest BCUT2D eigenvalue weighted by atomic mass is 16.3. The minimum Gasteiger partial charge on any atom is -0.396 e. The smallest absolute Gasteiger partial charge is 0.225 e. The lowest BCUT2D eigenvalue weighted by molar-refractivity contribution is -0.154. The van der Waals surface area contributed by atoms with Gasteiger partial charge < -0.3 is 15.1 Å². The maximum absolute atomic E-state index is 12.5. The fourth-order valence-corrected chi connectivity index (χ4v) is 3.94. The Labute approximate surface area is 134 Å². The molecule has 1 aliphatic heterocycles. The second-order valence-electron chi connectivity index (χ2n) is 7.59. The van der Waals surface area contributed by atoms with Gasteiger partial charge in [0.2, 0.25) is 5.91 Å². The first-order valence-corrected chi connectivity index (χ1v) is 9.10. The summed E-state index contributed by atoms with van der Waals surface area (Å²) in [6.07, 6.45) is 7.83. The summed E-state index contributed by atoms with van der Waals surface area (Å²) >= 11 is 0. The maximum Gasteiger partial charge on any atom is 0.225 e. The number of carbonyl (C=O) groups excluding carboxylic acids is 1. The molecule has 4 nitrogen and oxygen atoms in total. The zero-order chi connectivity index (χ0) is 16.2. The third kappa shape index (κ3) is 4.02. The molecule has 1 amide bonds. The van der Waals surface area contributed by atoms with E-state index in [9.17, 15) is 15.0 Å². The number of hydrogen-bond donors (Lipinski definition) is 2. The number of carbonyl (C=O) groups is 1. The van der Waals surface area contributed by atoms with E-state index in [2.05, 4.69) is 13.8 Å². The Kier molecular flexibility index (Phi) is 6.27. The molecule has 1 aliphatic carbocycles. The monoisotopic (exact) mass is 311 g/mol. The summed E-state index contributed by atoms with van der Waals surface area (Å²) in [5, 5.41) is 19.4. The Morgan fingerprint density at radius 2 is 1.95 bits per heavy atom. The topological polar surface area (TPSA) is 60.8 Å². The number of aliphatic hydroxyl groups excluding tert-OH is 2. The van der Waals surface area contributed by atoms with E-state index < -0.39 is 6.10 Å². The molecule has 2 atom stereocenters. The molecule has 1 saturated heterocycles. The van der Waals surface area contributed by atoms with E-state index >= 15 is 0 Å². The van der Waals surface area contributed by atoms with Crippen LogP contribution in [0.1, 0.15) is 71.6 Å². The number of likely N-dealkylation sites (tertiary alicyclic amines) is 1. The van der Waals surface area contributed by atoms with Crippen LogP contribution in [0.15, 0.2) is 0 Å². The highest BCUT2D eigenvalue weighted by molar-refractivity contribution is 5.78. The van der Waals surface area contributed by atoms with Gasteiger partial charge in [-0.1, -0.05) is 20.3 Å². The van der Waals surface area contributed by atoms with E-state index in [1.807, 2.05) is 4.90 Å². The summed E-state index contributed by atoms with van der Waals surface area (Å²) < 4.78 is 0. The van der Waals surface area contributed by atoms with Crippen molar-refractivity contribution in [3.63, 3.8) is 0 Å². The quantitative estimate of drug-likeness (QED) is 0.760. The first-order valence-electron chi connectivity index (χ1n) is 9.10. The van der Waals surface area contributed by atoms with Crippen LogP contribution in [0.25, 0.3) is 0 Å². The van der Waals surface area contributed by atoms with E-state index in [1.165, 1.54) is 0 Å². The molecule has 22 heavy (non-hydrogen) atoms. The Balaban J connectivity index is 1.78. The first-order chi connectivity index (χ1) is 10.5. The third-order valence-corrected chi connectivity index (χ3v) is 6.07. The van der Waals surface area contributed by atoms with Gasteiger partial charge in [-0.3, -0.25) is 4.79 Å². The average Bonchev–Trinajstić information content (AvgIpc) is 2.51. The highest BCUT2D eigenvalue weighted by Gasteiger charge is 2.48. The van der Waals surface area contributed by atoms with E-state index in [0.717, 1.165) is 57.9 Å². The van der Waals surface area contributed by atoms with Gasteiger partial charge in [0.15, 0.2) is 0 Å². The van der Waals surface area contributed by atoms with Crippen molar-refractivity contribution in [3.8, 4) is 0 Å². The van der Waals surface area contributed by atoms with Gasteiger partial charge >= 0.3 is 0 Å². The van der Waals surface area contributed by atoms with Crippen LogP contribution in [0.4, 0.5) is 0 Å². The maximum atomic E-state index is 12.5. The summed E-state index contributed by atoms with van der Waals surface area (Å²) in [5.41, 5.74) is 0.0547. The van der Waals surface area contributed by atoms with Gasteiger partial charge in [-0.15, -0.1) is 0 Å². The molecule has 2 N–H and O–H groups in total. The van der Waals surface area contributed by atoms with Crippen molar-refractivity contribution in [1.29, 1.82) is 0 Å². The molecule has 1 heterocycles. The summed E-state index contributed by atoms with van der Waals surface area (Å²) in [5.74, 6) is 1.17. The van der Waals surface area contributed by atoms with Crippen LogP contribution in [-0.4, -0.2) is 45.8 Å². The molecule has 0 aromatic rings. The normalized spacial score (nSPS) is 30.9. The lowest BCUT2D eigenvalue weighted by atomic mass is 9.69. The fourth-order valence-electron chi connectivity index (χ4n) is 3.94. The van der Waals surface area contributed by atoms with E-state index in [1.54, 1.807) is 0 Å². The molecular weight excluding hydrogens is 278 g/mol. The predicted molar refractivity (Wildman–Crippen MR) is 87.4 cm³/mol. The Morgan fingerprint density at radius 1 is 1.27 bits per heavy atom. The van der Waals surface area contributed by atoms with E-state index in [-0.39, 0.29) is 24.5 Å². The molecule has 2 fully saturated rings. The average molecular weight is 311 g/mol. The third-order valence-electron chi connectivity index (χ3n) is 6.07. The van der Waals surface area contributed by atoms with E-state index in [0.29, 0.717) is 11.8 Å². The standard InChI is InChI=1S/C18H33NO3/c1-3-14(2)4-5-16(21)12-17(22)19-11-10-18(19)8-6-15(13-20)7-9-18/h14-16,20-21H,3-13H2,1-2H3. The van der Waals surface area contributed by atoms with Gasteiger partial charge in [0.05, 0.1) is 12.5 Å². The summed E-state index contributed by atoms with van der Waals surface area (Å²) in [6, 6.07) is 0. The van der Waals surface area contributed by atoms with Crippen molar-refractivity contribution in [1.82, 2.24) is 4.90 Å². The Bertz CT molecular complexity index is 363.